The van der Waals surface area contributed by atoms with E-state index in [0.29, 0.717) is 28.9 Å². The lowest BCUT2D eigenvalue weighted by molar-refractivity contribution is -0.167. The molecule has 2 aromatic rings. The maximum atomic E-state index is 13.1. The summed E-state index contributed by atoms with van der Waals surface area (Å²) >= 11 is 0. The Morgan fingerprint density at radius 1 is 1.00 bits per heavy atom. The topological polar surface area (TPSA) is 66.8 Å². The van der Waals surface area contributed by atoms with Crippen molar-refractivity contribution in [2.24, 2.45) is 5.92 Å². The molecular weight excluding hydrogens is 388 g/mol. The summed E-state index contributed by atoms with van der Waals surface area (Å²) < 4.78 is 5.59. The summed E-state index contributed by atoms with van der Waals surface area (Å²) in [6.07, 6.45) is 4.19. The van der Waals surface area contributed by atoms with Gasteiger partial charge in [-0.25, -0.2) is 0 Å². The van der Waals surface area contributed by atoms with E-state index in [1.807, 2.05) is 42.5 Å². The van der Waals surface area contributed by atoms with Gasteiger partial charge in [0.25, 0.3) is 0 Å². The molecule has 3 aliphatic rings. The zero-order valence-corrected chi connectivity index (χ0v) is 19.1. The molecule has 2 N–H and O–H groups in total. The van der Waals surface area contributed by atoms with Crippen LogP contribution in [0.5, 0.6) is 0 Å². The number of carbonyl (C=O) groups excluding carboxylic acids is 1. The van der Waals surface area contributed by atoms with Gasteiger partial charge in [-0.3, -0.25) is 4.79 Å². The lowest BCUT2D eigenvalue weighted by Gasteiger charge is -2.54. The summed E-state index contributed by atoms with van der Waals surface area (Å²) in [6.45, 7) is 8.87. The minimum atomic E-state index is -1.51. The van der Waals surface area contributed by atoms with E-state index in [9.17, 15) is 15.0 Å². The Morgan fingerprint density at radius 3 is 2.35 bits per heavy atom. The van der Waals surface area contributed by atoms with Gasteiger partial charge < -0.3 is 14.9 Å². The number of hydrogen-bond donors (Lipinski definition) is 2. The van der Waals surface area contributed by atoms with Crippen molar-refractivity contribution in [3.63, 3.8) is 0 Å². The summed E-state index contributed by atoms with van der Waals surface area (Å²) in [7, 11) is 0. The zero-order valence-electron chi connectivity index (χ0n) is 19.1. The Balaban J connectivity index is 1.76. The van der Waals surface area contributed by atoms with Crippen LogP contribution in [0, 0.1) is 5.92 Å². The second-order valence-electron chi connectivity index (χ2n) is 10.2. The highest BCUT2D eigenvalue weighted by Gasteiger charge is 2.62. The molecule has 0 radical (unpaired) electrons. The molecule has 0 saturated heterocycles. The highest BCUT2D eigenvalue weighted by molar-refractivity contribution is 5.79. The highest BCUT2D eigenvalue weighted by atomic mass is 16.5. The summed E-state index contributed by atoms with van der Waals surface area (Å²) in [4.78, 5) is 13.1. The van der Waals surface area contributed by atoms with E-state index in [1.165, 1.54) is 0 Å². The first-order chi connectivity index (χ1) is 14.6. The van der Waals surface area contributed by atoms with Crippen molar-refractivity contribution in [1.82, 2.24) is 0 Å². The summed E-state index contributed by atoms with van der Waals surface area (Å²) in [5.74, 6) is -1.27. The van der Waals surface area contributed by atoms with Crippen LogP contribution in [-0.2, 0) is 26.1 Å². The average Bonchev–Trinajstić information content (AvgIpc) is 2.74. The molecular formula is C27H34O4. The lowest BCUT2D eigenvalue weighted by Crippen LogP contribution is -2.57. The molecule has 0 aliphatic heterocycles. The SMILES string of the molecule is CCCCCCOC(=O)C1CC2(O)c3ccccc3C1(O)c1ccc(C(C)(C)C)cc12. The van der Waals surface area contributed by atoms with Crippen molar-refractivity contribution in [3.8, 4) is 0 Å². The molecule has 0 fully saturated rings. The largest absolute Gasteiger partial charge is 0.465 e. The molecule has 3 unspecified atom stereocenters. The number of hydrogen-bond acceptors (Lipinski definition) is 4. The van der Waals surface area contributed by atoms with Gasteiger partial charge in [-0.2, -0.15) is 0 Å². The molecule has 3 aliphatic carbocycles. The third kappa shape index (κ3) is 3.41. The van der Waals surface area contributed by atoms with Crippen molar-refractivity contribution in [2.45, 2.75) is 76.4 Å². The van der Waals surface area contributed by atoms with E-state index in [-0.39, 0.29) is 11.8 Å². The first-order valence-electron chi connectivity index (χ1n) is 11.5. The summed E-state index contributed by atoms with van der Waals surface area (Å²) in [6, 6.07) is 13.3. The van der Waals surface area contributed by atoms with E-state index >= 15 is 0 Å². The molecule has 2 bridgehead atoms. The van der Waals surface area contributed by atoms with Crippen LogP contribution in [0.4, 0.5) is 0 Å². The molecule has 31 heavy (non-hydrogen) atoms. The number of esters is 1. The van der Waals surface area contributed by atoms with Crippen molar-refractivity contribution in [1.29, 1.82) is 0 Å². The third-order valence-corrected chi connectivity index (χ3v) is 7.06. The molecule has 3 atom stereocenters. The van der Waals surface area contributed by atoms with Gasteiger partial charge in [-0.05, 0) is 39.7 Å². The maximum Gasteiger partial charge on any atom is 0.312 e. The fourth-order valence-electron chi connectivity index (χ4n) is 5.25. The molecule has 2 aromatic carbocycles. The molecule has 166 valence electrons. The van der Waals surface area contributed by atoms with Crippen LogP contribution in [-0.4, -0.2) is 22.8 Å². The monoisotopic (exact) mass is 422 g/mol. The predicted molar refractivity (Wildman–Crippen MR) is 121 cm³/mol. The minimum Gasteiger partial charge on any atom is -0.465 e. The first kappa shape index (κ1) is 22.0. The van der Waals surface area contributed by atoms with Crippen molar-refractivity contribution >= 4 is 5.97 Å². The van der Waals surface area contributed by atoms with Crippen LogP contribution in [0.3, 0.4) is 0 Å². The van der Waals surface area contributed by atoms with Gasteiger partial charge in [0.1, 0.15) is 11.2 Å². The van der Waals surface area contributed by atoms with Gasteiger partial charge in [-0.15, -0.1) is 0 Å². The van der Waals surface area contributed by atoms with Gasteiger partial charge in [0.05, 0.1) is 12.5 Å². The van der Waals surface area contributed by atoms with E-state index < -0.39 is 23.1 Å². The number of fused-ring (bicyclic) bond motifs is 1. The second kappa shape index (κ2) is 7.75. The average molecular weight is 423 g/mol. The minimum absolute atomic E-state index is 0.0962. The molecule has 0 saturated carbocycles. The maximum absolute atomic E-state index is 13.1. The zero-order chi connectivity index (χ0) is 22.4. The number of ether oxygens (including phenoxy) is 1. The highest BCUT2D eigenvalue weighted by Crippen LogP contribution is 2.60. The van der Waals surface area contributed by atoms with Crippen LogP contribution in [0.1, 0.15) is 87.6 Å². The number of unbranched alkanes of at least 4 members (excludes halogenated alkanes) is 3. The molecule has 0 aromatic heterocycles. The van der Waals surface area contributed by atoms with E-state index in [4.69, 9.17) is 4.74 Å². The van der Waals surface area contributed by atoms with Crippen LogP contribution in [0.25, 0.3) is 0 Å². The van der Waals surface area contributed by atoms with E-state index in [1.54, 1.807) is 0 Å². The van der Waals surface area contributed by atoms with Crippen LogP contribution < -0.4 is 0 Å². The Bertz CT molecular complexity index is 989. The Labute approximate surface area is 185 Å². The van der Waals surface area contributed by atoms with Crippen LogP contribution in [0.2, 0.25) is 0 Å². The Morgan fingerprint density at radius 2 is 1.68 bits per heavy atom. The van der Waals surface area contributed by atoms with Crippen molar-refractivity contribution in [3.05, 3.63) is 70.3 Å². The Kier molecular flexibility index (Phi) is 5.51. The number of carbonyl (C=O) groups is 1. The number of rotatable bonds is 6. The summed E-state index contributed by atoms with van der Waals surface area (Å²) in [5, 5.41) is 24.1. The smallest absolute Gasteiger partial charge is 0.312 e. The van der Waals surface area contributed by atoms with Crippen molar-refractivity contribution in [2.75, 3.05) is 6.61 Å². The summed E-state index contributed by atoms with van der Waals surface area (Å²) in [5.41, 5.74) is 0.755. The molecule has 4 heteroatoms. The lowest BCUT2D eigenvalue weighted by atomic mass is 9.54. The van der Waals surface area contributed by atoms with Gasteiger partial charge in [0.15, 0.2) is 0 Å². The predicted octanol–water partition coefficient (Wildman–Crippen LogP) is 4.91. The fraction of sp³-hybridized carbons (Fsp3) is 0.519. The number of aliphatic hydroxyl groups is 2. The number of benzene rings is 2. The van der Waals surface area contributed by atoms with Crippen LogP contribution >= 0.6 is 0 Å². The van der Waals surface area contributed by atoms with Gasteiger partial charge in [-0.1, -0.05) is 89.4 Å². The van der Waals surface area contributed by atoms with Gasteiger partial charge >= 0.3 is 5.97 Å². The molecule has 0 amide bonds. The van der Waals surface area contributed by atoms with Crippen LogP contribution in [0.15, 0.2) is 42.5 Å². The Hall–Kier alpha value is -2.17. The second-order valence-corrected chi connectivity index (χ2v) is 10.2. The molecule has 5 rings (SSSR count). The van der Waals surface area contributed by atoms with Crippen molar-refractivity contribution < 1.29 is 19.7 Å². The van der Waals surface area contributed by atoms with E-state index in [2.05, 4.69) is 27.7 Å². The fourth-order valence-corrected chi connectivity index (χ4v) is 5.25. The molecule has 4 nitrogen and oxygen atoms in total. The normalized spacial score (nSPS) is 26.3. The molecule has 0 heterocycles. The van der Waals surface area contributed by atoms with Gasteiger partial charge in [0, 0.05) is 6.42 Å². The molecule has 0 spiro atoms. The van der Waals surface area contributed by atoms with Gasteiger partial charge in [0.2, 0.25) is 0 Å². The first-order valence-corrected chi connectivity index (χ1v) is 11.5. The standard InChI is InChI=1S/C27H34O4/c1-5-6-7-10-15-31-24(28)23-17-26(29)19-11-8-9-12-20(19)27(23,30)21-14-13-18(16-22(21)26)25(2,3)4/h8-9,11-14,16,23,29-30H,5-7,10,15,17H2,1-4H3. The quantitative estimate of drug-likeness (QED) is 0.513. The van der Waals surface area contributed by atoms with E-state index in [0.717, 1.165) is 31.2 Å². The third-order valence-electron chi connectivity index (χ3n) is 7.06.